The first-order valence-corrected chi connectivity index (χ1v) is 8.18. The monoisotopic (exact) mass is 342 g/mol. The first kappa shape index (κ1) is 19.0. The molecule has 0 aliphatic heterocycles. The number of ether oxygens (including phenoxy) is 3. The molecule has 1 rings (SSSR count). The predicted molar refractivity (Wildman–Crippen MR) is 85.4 cm³/mol. The highest BCUT2D eigenvalue weighted by atomic mass is 32.2. The number of amides is 1. The molecular formula is C15H20NO6S-. The van der Waals surface area contributed by atoms with Crippen molar-refractivity contribution in [2.24, 2.45) is 0 Å². The van der Waals surface area contributed by atoms with Gasteiger partial charge in [0, 0.05) is 5.56 Å². The fraction of sp³-hybridized carbons (Fsp3) is 0.467. The SMILES string of the molecule is COc1cc(C(=O)N[C@@H](CCSC)C(=O)[O-])cc(OC)c1OC. The summed E-state index contributed by atoms with van der Waals surface area (Å²) in [5, 5.41) is 13.6. The molecule has 0 spiro atoms. The molecule has 23 heavy (non-hydrogen) atoms. The Morgan fingerprint density at radius 1 is 1.17 bits per heavy atom. The van der Waals surface area contributed by atoms with Crippen molar-refractivity contribution in [3.63, 3.8) is 0 Å². The largest absolute Gasteiger partial charge is 0.548 e. The molecule has 1 aromatic rings. The maximum atomic E-state index is 12.3. The average Bonchev–Trinajstić information content (AvgIpc) is 2.56. The number of thioether (sulfide) groups is 1. The number of carboxylic acid groups (broad SMARTS) is 1. The third-order valence-electron chi connectivity index (χ3n) is 3.13. The Hall–Kier alpha value is -2.09. The number of rotatable bonds is 9. The quantitative estimate of drug-likeness (QED) is 0.690. The van der Waals surface area contributed by atoms with Crippen LogP contribution in [0.1, 0.15) is 16.8 Å². The molecule has 0 aliphatic carbocycles. The van der Waals surface area contributed by atoms with Gasteiger partial charge in [0.05, 0.1) is 33.3 Å². The van der Waals surface area contributed by atoms with Crippen molar-refractivity contribution in [2.45, 2.75) is 12.5 Å². The number of carboxylic acids is 1. The molecule has 0 fully saturated rings. The molecule has 0 aromatic heterocycles. The molecule has 1 aromatic carbocycles. The van der Waals surface area contributed by atoms with Crippen LogP contribution < -0.4 is 24.6 Å². The molecule has 0 saturated carbocycles. The van der Waals surface area contributed by atoms with Crippen LogP contribution in [-0.2, 0) is 4.79 Å². The Kier molecular flexibility index (Phi) is 7.53. The summed E-state index contributed by atoms with van der Waals surface area (Å²) in [4.78, 5) is 23.4. The van der Waals surface area contributed by atoms with Gasteiger partial charge in [0.2, 0.25) is 5.75 Å². The first-order valence-electron chi connectivity index (χ1n) is 6.79. The van der Waals surface area contributed by atoms with Gasteiger partial charge in [-0.1, -0.05) is 0 Å². The van der Waals surface area contributed by atoms with Crippen LogP contribution in [0.4, 0.5) is 0 Å². The Balaban J connectivity index is 3.04. The zero-order valence-electron chi connectivity index (χ0n) is 13.5. The van der Waals surface area contributed by atoms with Crippen LogP contribution in [-0.4, -0.2) is 51.3 Å². The molecule has 0 bridgehead atoms. The minimum Gasteiger partial charge on any atom is -0.548 e. The zero-order valence-corrected chi connectivity index (χ0v) is 14.3. The lowest BCUT2D eigenvalue weighted by Crippen LogP contribution is -2.48. The summed E-state index contributed by atoms with van der Waals surface area (Å²) in [5.74, 6) is -0.309. The van der Waals surface area contributed by atoms with E-state index in [1.54, 1.807) is 0 Å². The topological polar surface area (TPSA) is 96.9 Å². The Morgan fingerprint density at radius 2 is 1.74 bits per heavy atom. The number of hydrogen-bond acceptors (Lipinski definition) is 7. The second kappa shape index (κ2) is 9.14. The highest BCUT2D eigenvalue weighted by Gasteiger charge is 2.19. The van der Waals surface area contributed by atoms with Crippen molar-refractivity contribution in [2.75, 3.05) is 33.3 Å². The summed E-state index contributed by atoms with van der Waals surface area (Å²) >= 11 is 1.49. The summed E-state index contributed by atoms with van der Waals surface area (Å²) in [6.45, 7) is 0. The lowest BCUT2D eigenvalue weighted by molar-refractivity contribution is -0.308. The standard InChI is InChI=1S/C15H21NO6S/c1-20-11-7-9(8-12(21-2)13(11)22-3)14(17)16-10(15(18)19)5-6-23-4/h7-8,10H,5-6H2,1-4H3,(H,16,17)(H,18,19)/p-1/t10-/m0/s1. The van der Waals surface area contributed by atoms with Gasteiger partial charge in [0.25, 0.3) is 5.91 Å². The van der Waals surface area contributed by atoms with Crippen molar-refractivity contribution in [3.05, 3.63) is 17.7 Å². The van der Waals surface area contributed by atoms with E-state index in [9.17, 15) is 14.7 Å². The second-order valence-electron chi connectivity index (χ2n) is 4.54. The molecule has 8 heteroatoms. The third-order valence-corrected chi connectivity index (χ3v) is 3.77. The molecule has 0 heterocycles. The summed E-state index contributed by atoms with van der Waals surface area (Å²) in [6, 6.07) is 1.85. The van der Waals surface area contributed by atoms with E-state index >= 15 is 0 Å². The van der Waals surface area contributed by atoms with E-state index in [0.29, 0.717) is 23.0 Å². The highest BCUT2D eigenvalue weighted by molar-refractivity contribution is 7.98. The third kappa shape index (κ3) is 4.95. The summed E-state index contributed by atoms with van der Waals surface area (Å²) in [7, 11) is 4.32. The van der Waals surface area contributed by atoms with Crippen molar-refractivity contribution >= 4 is 23.6 Å². The van der Waals surface area contributed by atoms with Crippen molar-refractivity contribution in [1.29, 1.82) is 0 Å². The number of nitrogens with one attached hydrogen (secondary N) is 1. The maximum absolute atomic E-state index is 12.3. The Bertz CT molecular complexity index is 538. The van der Waals surface area contributed by atoms with Gasteiger partial charge in [-0.05, 0) is 30.6 Å². The van der Waals surface area contributed by atoms with Gasteiger partial charge < -0.3 is 29.4 Å². The Labute approximate surface area is 139 Å². The Morgan fingerprint density at radius 3 is 2.13 bits per heavy atom. The lowest BCUT2D eigenvalue weighted by Gasteiger charge is -2.20. The van der Waals surface area contributed by atoms with Gasteiger partial charge in [0.15, 0.2) is 11.5 Å². The van der Waals surface area contributed by atoms with E-state index in [-0.39, 0.29) is 12.0 Å². The molecule has 1 N–H and O–H groups in total. The predicted octanol–water partition coefficient (Wildman–Crippen LogP) is 0.314. The number of carbonyl (C=O) groups is 2. The number of hydrogen-bond donors (Lipinski definition) is 1. The molecule has 0 saturated heterocycles. The number of methoxy groups -OCH3 is 3. The van der Waals surface area contributed by atoms with Crippen molar-refractivity contribution in [3.8, 4) is 17.2 Å². The van der Waals surface area contributed by atoms with Crippen molar-refractivity contribution < 1.29 is 28.9 Å². The molecule has 7 nitrogen and oxygen atoms in total. The van der Waals surface area contributed by atoms with Gasteiger partial charge >= 0.3 is 0 Å². The van der Waals surface area contributed by atoms with Gasteiger partial charge in [-0.3, -0.25) is 4.79 Å². The molecule has 0 radical (unpaired) electrons. The van der Waals surface area contributed by atoms with Crippen LogP contribution in [0.2, 0.25) is 0 Å². The van der Waals surface area contributed by atoms with Crippen LogP contribution in [0.3, 0.4) is 0 Å². The molecule has 1 amide bonds. The van der Waals surface area contributed by atoms with Crippen LogP contribution in [0.5, 0.6) is 17.2 Å². The maximum Gasteiger partial charge on any atom is 0.252 e. The minimum absolute atomic E-state index is 0.204. The molecule has 128 valence electrons. The summed E-state index contributed by atoms with van der Waals surface area (Å²) < 4.78 is 15.5. The van der Waals surface area contributed by atoms with Gasteiger partial charge in [-0.2, -0.15) is 11.8 Å². The summed E-state index contributed by atoms with van der Waals surface area (Å²) in [5.41, 5.74) is 0.204. The van der Waals surface area contributed by atoms with E-state index in [2.05, 4.69) is 5.32 Å². The summed E-state index contributed by atoms with van der Waals surface area (Å²) in [6.07, 6.45) is 2.13. The lowest BCUT2D eigenvalue weighted by atomic mass is 10.1. The zero-order chi connectivity index (χ0) is 17.4. The molecule has 0 unspecified atom stereocenters. The van der Waals surface area contributed by atoms with Gasteiger partial charge in [-0.25, -0.2) is 0 Å². The molecule has 0 aliphatic rings. The fourth-order valence-corrected chi connectivity index (χ4v) is 2.41. The highest BCUT2D eigenvalue weighted by Crippen LogP contribution is 2.38. The number of carbonyl (C=O) groups excluding carboxylic acids is 2. The van der Waals surface area contributed by atoms with Crippen LogP contribution in [0.25, 0.3) is 0 Å². The smallest absolute Gasteiger partial charge is 0.252 e. The molecule has 1 atom stereocenters. The van der Waals surface area contributed by atoms with E-state index in [1.165, 1.54) is 45.2 Å². The van der Waals surface area contributed by atoms with Crippen LogP contribution in [0, 0.1) is 0 Å². The first-order chi connectivity index (χ1) is 11.0. The van der Waals surface area contributed by atoms with Crippen LogP contribution >= 0.6 is 11.8 Å². The van der Waals surface area contributed by atoms with E-state index in [4.69, 9.17) is 14.2 Å². The normalized spacial score (nSPS) is 11.5. The van der Waals surface area contributed by atoms with E-state index < -0.39 is 17.9 Å². The van der Waals surface area contributed by atoms with E-state index in [1.807, 2.05) is 6.26 Å². The average molecular weight is 342 g/mol. The van der Waals surface area contributed by atoms with Gasteiger partial charge in [0.1, 0.15) is 0 Å². The molecular weight excluding hydrogens is 322 g/mol. The number of aliphatic carboxylic acids is 1. The van der Waals surface area contributed by atoms with Gasteiger partial charge in [-0.15, -0.1) is 0 Å². The number of benzene rings is 1. The van der Waals surface area contributed by atoms with Crippen LogP contribution in [0.15, 0.2) is 12.1 Å². The van der Waals surface area contributed by atoms with E-state index in [0.717, 1.165) is 0 Å². The minimum atomic E-state index is -1.32. The van der Waals surface area contributed by atoms with Crippen molar-refractivity contribution in [1.82, 2.24) is 5.32 Å². The fourth-order valence-electron chi connectivity index (χ4n) is 1.94. The second-order valence-corrected chi connectivity index (χ2v) is 5.53.